The molecular weight excluding hydrogens is 162 g/mol. The van der Waals surface area contributed by atoms with Crippen molar-refractivity contribution in [3.63, 3.8) is 0 Å². The topological polar surface area (TPSA) is 89.6 Å². The molecule has 3 N–H and O–H groups in total. The lowest BCUT2D eigenvalue weighted by Gasteiger charge is -2.05. The smallest absolute Gasteiger partial charge is 0.322 e. The SMILES string of the molecule is C[C@H](N)C(=O)OCCCC(=O)O. The number of hydrogen-bond donors (Lipinski definition) is 2. The van der Waals surface area contributed by atoms with E-state index < -0.39 is 18.0 Å². The van der Waals surface area contributed by atoms with E-state index in [4.69, 9.17) is 10.8 Å². The number of carbonyl (C=O) groups excluding carboxylic acids is 1. The average molecular weight is 175 g/mol. The van der Waals surface area contributed by atoms with Crippen molar-refractivity contribution < 1.29 is 19.4 Å². The van der Waals surface area contributed by atoms with Crippen LogP contribution in [0.2, 0.25) is 0 Å². The molecule has 0 saturated heterocycles. The van der Waals surface area contributed by atoms with Gasteiger partial charge in [-0.15, -0.1) is 0 Å². The van der Waals surface area contributed by atoms with Crippen LogP contribution in [0.1, 0.15) is 19.8 Å². The number of carboxylic acid groups (broad SMARTS) is 1. The van der Waals surface area contributed by atoms with Crippen LogP contribution in [0.4, 0.5) is 0 Å². The Hall–Kier alpha value is -1.10. The van der Waals surface area contributed by atoms with E-state index in [9.17, 15) is 9.59 Å². The summed E-state index contributed by atoms with van der Waals surface area (Å²) >= 11 is 0. The molecule has 70 valence electrons. The molecule has 0 fully saturated rings. The molecule has 5 nitrogen and oxygen atoms in total. The Labute approximate surface area is 70.5 Å². The Bertz CT molecular complexity index is 167. The van der Waals surface area contributed by atoms with Gasteiger partial charge in [0, 0.05) is 6.42 Å². The highest BCUT2D eigenvalue weighted by molar-refractivity contribution is 5.74. The highest BCUT2D eigenvalue weighted by Gasteiger charge is 2.07. The molecule has 0 aliphatic carbocycles. The number of nitrogens with two attached hydrogens (primary N) is 1. The summed E-state index contributed by atoms with van der Waals surface area (Å²) in [6.07, 6.45) is 0.333. The first-order valence-corrected chi connectivity index (χ1v) is 3.68. The van der Waals surface area contributed by atoms with Gasteiger partial charge in [-0.3, -0.25) is 9.59 Å². The Kier molecular flexibility index (Phi) is 5.03. The third-order valence-corrected chi connectivity index (χ3v) is 1.15. The molecule has 0 aromatic heterocycles. The molecule has 0 spiro atoms. The van der Waals surface area contributed by atoms with Crippen LogP contribution in [0.5, 0.6) is 0 Å². The van der Waals surface area contributed by atoms with Crippen LogP contribution in [0.3, 0.4) is 0 Å². The van der Waals surface area contributed by atoms with Crippen molar-refractivity contribution in [2.45, 2.75) is 25.8 Å². The maximum Gasteiger partial charge on any atom is 0.322 e. The summed E-state index contributed by atoms with van der Waals surface area (Å²) in [4.78, 5) is 20.7. The van der Waals surface area contributed by atoms with Gasteiger partial charge in [-0.1, -0.05) is 0 Å². The molecule has 0 bridgehead atoms. The van der Waals surface area contributed by atoms with Gasteiger partial charge in [0.05, 0.1) is 6.61 Å². The molecule has 0 aromatic rings. The molecular formula is C7H13NO4. The molecule has 5 heteroatoms. The van der Waals surface area contributed by atoms with Crippen LogP contribution in [-0.2, 0) is 14.3 Å². The molecule has 0 heterocycles. The van der Waals surface area contributed by atoms with E-state index in [2.05, 4.69) is 4.74 Å². The van der Waals surface area contributed by atoms with Gasteiger partial charge < -0.3 is 15.6 Å². The van der Waals surface area contributed by atoms with E-state index in [1.54, 1.807) is 0 Å². The molecule has 0 radical (unpaired) electrons. The van der Waals surface area contributed by atoms with Crippen LogP contribution in [-0.4, -0.2) is 29.7 Å². The van der Waals surface area contributed by atoms with Crippen molar-refractivity contribution in [1.29, 1.82) is 0 Å². The zero-order valence-corrected chi connectivity index (χ0v) is 6.95. The lowest BCUT2D eigenvalue weighted by Crippen LogP contribution is -2.29. The molecule has 0 saturated carbocycles. The van der Waals surface area contributed by atoms with Gasteiger partial charge in [-0.2, -0.15) is 0 Å². The van der Waals surface area contributed by atoms with Gasteiger partial charge in [0.15, 0.2) is 0 Å². The summed E-state index contributed by atoms with van der Waals surface area (Å²) in [5.74, 6) is -1.40. The maximum absolute atomic E-state index is 10.7. The predicted molar refractivity (Wildman–Crippen MR) is 41.5 cm³/mol. The van der Waals surface area contributed by atoms with Gasteiger partial charge in [0.1, 0.15) is 6.04 Å². The molecule has 0 rings (SSSR count). The van der Waals surface area contributed by atoms with Crippen molar-refractivity contribution in [2.24, 2.45) is 5.73 Å². The first kappa shape index (κ1) is 10.9. The van der Waals surface area contributed by atoms with Crippen molar-refractivity contribution in [2.75, 3.05) is 6.61 Å². The number of hydrogen-bond acceptors (Lipinski definition) is 4. The fourth-order valence-corrected chi connectivity index (χ4v) is 0.528. The van der Waals surface area contributed by atoms with Gasteiger partial charge in [0.2, 0.25) is 0 Å². The number of esters is 1. The van der Waals surface area contributed by atoms with Gasteiger partial charge in [-0.25, -0.2) is 0 Å². The third-order valence-electron chi connectivity index (χ3n) is 1.15. The van der Waals surface area contributed by atoms with Gasteiger partial charge in [0.25, 0.3) is 0 Å². The second kappa shape index (κ2) is 5.54. The summed E-state index contributed by atoms with van der Waals surface area (Å²) in [5.41, 5.74) is 5.19. The summed E-state index contributed by atoms with van der Waals surface area (Å²) in [6.45, 7) is 1.63. The zero-order valence-electron chi connectivity index (χ0n) is 6.95. The van der Waals surface area contributed by atoms with E-state index in [1.807, 2.05) is 0 Å². The van der Waals surface area contributed by atoms with E-state index in [0.717, 1.165) is 0 Å². The van der Waals surface area contributed by atoms with Crippen LogP contribution in [0.15, 0.2) is 0 Å². The molecule has 1 atom stereocenters. The second-order valence-electron chi connectivity index (χ2n) is 2.45. The Morgan fingerprint density at radius 1 is 1.58 bits per heavy atom. The average Bonchev–Trinajstić information content (AvgIpc) is 1.97. The number of rotatable bonds is 5. The summed E-state index contributed by atoms with van der Waals surface area (Å²) < 4.78 is 4.63. The van der Waals surface area contributed by atoms with Gasteiger partial charge in [-0.05, 0) is 13.3 Å². The summed E-state index contributed by atoms with van der Waals surface area (Å²) in [5, 5.41) is 8.22. The predicted octanol–water partition coefficient (Wildman–Crippen LogP) is -0.258. The lowest BCUT2D eigenvalue weighted by molar-refractivity contribution is -0.146. The lowest BCUT2D eigenvalue weighted by atomic mass is 10.3. The number of carbonyl (C=O) groups is 2. The van der Waals surface area contributed by atoms with Crippen molar-refractivity contribution in [3.05, 3.63) is 0 Å². The maximum atomic E-state index is 10.7. The number of ether oxygens (including phenoxy) is 1. The molecule has 0 amide bonds. The highest BCUT2D eigenvalue weighted by Crippen LogP contribution is 1.91. The fraction of sp³-hybridized carbons (Fsp3) is 0.714. The van der Waals surface area contributed by atoms with Crippen molar-refractivity contribution in [3.8, 4) is 0 Å². The quantitative estimate of drug-likeness (QED) is 0.444. The van der Waals surface area contributed by atoms with E-state index in [1.165, 1.54) is 6.92 Å². The second-order valence-corrected chi connectivity index (χ2v) is 2.45. The van der Waals surface area contributed by atoms with Crippen molar-refractivity contribution >= 4 is 11.9 Å². The molecule has 12 heavy (non-hydrogen) atoms. The minimum atomic E-state index is -0.896. The Morgan fingerprint density at radius 2 is 2.17 bits per heavy atom. The summed E-state index contributed by atoms with van der Waals surface area (Å²) in [7, 11) is 0. The first-order chi connectivity index (χ1) is 5.54. The number of aliphatic carboxylic acids is 1. The largest absolute Gasteiger partial charge is 0.481 e. The van der Waals surface area contributed by atoms with Gasteiger partial charge >= 0.3 is 11.9 Å². The zero-order chi connectivity index (χ0) is 9.56. The van der Waals surface area contributed by atoms with Crippen LogP contribution in [0.25, 0.3) is 0 Å². The van der Waals surface area contributed by atoms with E-state index in [-0.39, 0.29) is 13.0 Å². The summed E-state index contributed by atoms with van der Waals surface area (Å²) in [6, 6.07) is -0.644. The minimum Gasteiger partial charge on any atom is -0.481 e. The fourth-order valence-electron chi connectivity index (χ4n) is 0.528. The van der Waals surface area contributed by atoms with Crippen molar-refractivity contribution in [1.82, 2.24) is 0 Å². The normalized spacial score (nSPS) is 12.2. The van der Waals surface area contributed by atoms with E-state index in [0.29, 0.717) is 6.42 Å². The molecule has 0 unspecified atom stereocenters. The molecule has 0 aromatic carbocycles. The first-order valence-electron chi connectivity index (χ1n) is 3.68. The molecule has 0 aliphatic heterocycles. The van der Waals surface area contributed by atoms with Crippen LogP contribution >= 0.6 is 0 Å². The van der Waals surface area contributed by atoms with Crippen LogP contribution in [0, 0.1) is 0 Å². The Morgan fingerprint density at radius 3 is 2.58 bits per heavy atom. The monoisotopic (exact) mass is 175 g/mol. The third kappa shape index (κ3) is 5.67. The van der Waals surface area contributed by atoms with E-state index >= 15 is 0 Å². The minimum absolute atomic E-state index is 0.00618. The molecule has 0 aliphatic rings. The number of carboxylic acids is 1. The highest BCUT2D eigenvalue weighted by atomic mass is 16.5. The standard InChI is InChI=1S/C7H13NO4/c1-5(8)7(11)12-4-2-3-6(9)10/h5H,2-4,8H2,1H3,(H,9,10)/t5-/m0/s1. The Balaban J connectivity index is 3.32. The van der Waals surface area contributed by atoms with Crippen LogP contribution < -0.4 is 5.73 Å².